The highest BCUT2D eigenvalue weighted by molar-refractivity contribution is 7.80. The molecular weight excluding hydrogens is 251 g/mol. The van der Waals surface area contributed by atoms with Crippen LogP contribution >= 0.6 is 12.6 Å². The monoisotopic (exact) mass is 260 g/mol. The molecule has 2 heterocycles. The van der Waals surface area contributed by atoms with E-state index >= 15 is 0 Å². The van der Waals surface area contributed by atoms with Crippen LogP contribution in [0.25, 0.3) is 16.9 Å². The number of nitrogens with zero attached hydrogens (tertiary/aromatic N) is 4. The molecule has 0 saturated heterocycles. The fourth-order valence-corrected chi connectivity index (χ4v) is 2.14. The predicted molar refractivity (Wildman–Crippen MR) is 68.2 cm³/mol. The van der Waals surface area contributed by atoms with Gasteiger partial charge in [0.25, 0.3) is 0 Å². The molecule has 2 aromatic heterocycles. The molecule has 0 bridgehead atoms. The number of aryl methyl sites for hydroxylation is 1. The lowest BCUT2D eigenvalue weighted by Crippen LogP contribution is -1.89. The van der Waals surface area contributed by atoms with Gasteiger partial charge in [0, 0.05) is 10.5 Å². The van der Waals surface area contributed by atoms with E-state index in [1.165, 1.54) is 6.33 Å². The highest BCUT2D eigenvalue weighted by atomic mass is 32.1. The average molecular weight is 260 g/mol. The maximum absolute atomic E-state index is 14.0. The summed E-state index contributed by atoms with van der Waals surface area (Å²) in [5, 5.41) is 4.00. The van der Waals surface area contributed by atoms with Gasteiger partial charge in [-0.1, -0.05) is 0 Å². The number of rotatable bonds is 1. The van der Waals surface area contributed by atoms with E-state index in [9.17, 15) is 4.39 Å². The molecular formula is C12H9FN4S. The fourth-order valence-electron chi connectivity index (χ4n) is 1.82. The minimum atomic E-state index is -0.375. The third kappa shape index (κ3) is 1.74. The number of hydrogen-bond donors (Lipinski definition) is 1. The van der Waals surface area contributed by atoms with Crippen LogP contribution in [0.3, 0.4) is 0 Å². The van der Waals surface area contributed by atoms with E-state index in [0.717, 1.165) is 5.56 Å². The summed E-state index contributed by atoms with van der Waals surface area (Å²) in [6.07, 6.45) is 4.66. The van der Waals surface area contributed by atoms with Crippen molar-refractivity contribution in [3.8, 4) is 11.3 Å². The quantitative estimate of drug-likeness (QED) is 0.684. The molecule has 0 aliphatic rings. The zero-order valence-electron chi connectivity index (χ0n) is 9.50. The maximum Gasteiger partial charge on any atom is 0.172 e. The van der Waals surface area contributed by atoms with E-state index in [1.807, 2.05) is 6.92 Å². The number of fused-ring (bicyclic) bond motifs is 1. The Balaban J connectivity index is 2.26. The van der Waals surface area contributed by atoms with Crippen molar-refractivity contribution >= 4 is 18.3 Å². The minimum Gasteiger partial charge on any atom is -0.239 e. The Morgan fingerprint density at radius 3 is 2.94 bits per heavy atom. The van der Waals surface area contributed by atoms with E-state index in [0.29, 0.717) is 21.8 Å². The molecule has 0 amide bonds. The summed E-state index contributed by atoms with van der Waals surface area (Å²) in [6, 6.07) is 3.42. The molecule has 0 fully saturated rings. The van der Waals surface area contributed by atoms with Crippen LogP contribution in [0.15, 0.2) is 35.7 Å². The molecule has 0 N–H and O–H groups in total. The van der Waals surface area contributed by atoms with Gasteiger partial charge in [-0.25, -0.2) is 18.9 Å². The smallest absolute Gasteiger partial charge is 0.172 e. The van der Waals surface area contributed by atoms with Gasteiger partial charge in [-0.15, -0.1) is 12.6 Å². The Bertz CT molecular complexity index is 705. The fraction of sp³-hybridized carbons (Fsp3) is 0.0833. The van der Waals surface area contributed by atoms with Crippen LogP contribution in [0.1, 0.15) is 5.56 Å². The molecule has 3 rings (SSSR count). The summed E-state index contributed by atoms with van der Waals surface area (Å²) in [6.45, 7) is 1.89. The third-order valence-electron chi connectivity index (χ3n) is 2.62. The Morgan fingerprint density at radius 2 is 2.17 bits per heavy atom. The van der Waals surface area contributed by atoms with Gasteiger partial charge >= 0.3 is 0 Å². The van der Waals surface area contributed by atoms with E-state index in [-0.39, 0.29) is 5.82 Å². The van der Waals surface area contributed by atoms with Crippen molar-refractivity contribution in [2.24, 2.45) is 0 Å². The summed E-state index contributed by atoms with van der Waals surface area (Å²) in [5.41, 5.74) is 2.45. The molecule has 0 unspecified atom stereocenters. The number of aromatic nitrogens is 4. The van der Waals surface area contributed by atoms with Crippen molar-refractivity contribution < 1.29 is 4.39 Å². The van der Waals surface area contributed by atoms with E-state index in [2.05, 4.69) is 27.7 Å². The number of imidazole rings is 1. The molecule has 0 atom stereocenters. The number of halogens is 1. The van der Waals surface area contributed by atoms with Crippen LogP contribution < -0.4 is 0 Å². The van der Waals surface area contributed by atoms with E-state index in [1.54, 1.807) is 29.0 Å². The number of benzene rings is 1. The SMILES string of the molecule is Cc1cc(S)c(F)c(-c2cn3ncncc3n2)c1. The lowest BCUT2D eigenvalue weighted by molar-refractivity contribution is 0.605. The first-order chi connectivity index (χ1) is 8.65. The van der Waals surface area contributed by atoms with Crippen molar-refractivity contribution in [3.05, 3.63) is 42.2 Å². The molecule has 0 spiro atoms. The van der Waals surface area contributed by atoms with Crippen molar-refractivity contribution in [3.63, 3.8) is 0 Å². The molecule has 18 heavy (non-hydrogen) atoms. The Labute approximate surface area is 108 Å². The zero-order valence-corrected chi connectivity index (χ0v) is 10.4. The van der Waals surface area contributed by atoms with Gasteiger partial charge in [0.15, 0.2) is 5.65 Å². The Kier molecular flexibility index (Phi) is 2.52. The van der Waals surface area contributed by atoms with Gasteiger partial charge in [-0.05, 0) is 24.6 Å². The molecule has 1 aromatic carbocycles. The largest absolute Gasteiger partial charge is 0.239 e. The summed E-state index contributed by atoms with van der Waals surface area (Å²) in [7, 11) is 0. The van der Waals surface area contributed by atoms with Crippen LogP contribution in [0.5, 0.6) is 0 Å². The van der Waals surface area contributed by atoms with Gasteiger partial charge in [-0.3, -0.25) is 0 Å². The van der Waals surface area contributed by atoms with Crippen LogP contribution in [-0.4, -0.2) is 19.6 Å². The molecule has 4 nitrogen and oxygen atoms in total. The predicted octanol–water partition coefficient (Wildman–Crippen LogP) is 2.53. The molecule has 0 radical (unpaired) electrons. The Hall–Kier alpha value is -1.95. The Morgan fingerprint density at radius 1 is 1.33 bits per heavy atom. The van der Waals surface area contributed by atoms with E-state index in [4.69, 9.17) is 0 Å². The molecule has 0 aliphatic carbocycles. The van der Waals surface area contributed by atoms with Crippen LogP contribution in [-0.2, 0) is 0 Å². The molecule has 90 valence electrons. The zero-order chi connectivity index (χ0) is 12.7. The number of hydrogen-bond acceptors (Lipinski definition) is 4. The summed E-state index contributed by atoms with van der Waals surface area (Å²) in [5.74, 6) is -0.375. The van der Waals surface area contributed by atoms with Crippen molar-refractivity contribution in [2.45, 2.75) is 11.8 Å². The molecule has 3 aromatic rings. The van der Waals surface area contributed by atoms with Crippen molar-refractivity contribution in [1.29, 1.82) is 0 Å². The summed E-state index contributed by atoms with van der Waals surface area (Å²) >= 11 is 4.11. The topological polar surface area (TPSA) is 43.1 Å². The van der Waals surface area contributed by atoms with Crippen LogP contribution in [0.4, 0.5) is 4.39 Å². The normalized spacial score (nSPS) is 11.1. The lowest BCUT2D eigenvalue weighted by atomic mass is 10.1. The summed E-state index contributed by atoms with van der Waals surface area (Å²) in [4.78, 5) is 8.48. The highest BCUT2D eigenvalue weighted by Gasteiger charge is 2.13. The van der Waals surface area contributed by atoms with Gasteiger partial charge in [0.05, 0.1) is 18.1 Å². The average Bonchev–Trinajstić information content (AvgIpc) is 2.77. The molecule has 6 heteroatoms. The highest BCUT2D eigenvalue weighted by Crippen LogP contribution is 2.27. The second kappa shape index (κ2) is 4.06. The van der Waals surface area contributed by atoms with Gasteiger partial charge in [0.1, 0.15) is 12.1 Å². The first-order valence-corrected chi connectivity index (χ1v) is 5.75. The maximum atomic E-state index is 14.0. The van der Waals surface area contributed by atoms with Crippen LogP contribution in [0.2, 0.25) is 0 Å². The second-order valence-electron chi connectivity index (χ2n) is 3.98. The van der Waals surface area contributed by atoms with Gasteiger partial charge in [0.2, 0.25) is 0 Å². The van der Waals surface area contributed by atoms with Crippen LogP contribution in [0, 0.1) is 12.7 Å². The van der Waals surface area contributed by atoms with Crippen molar-refractivity contribution in [2.75, 3.05) is 0 Å². The van der Waals surface area contributed by atoms with E-state index < -0.39 is 0 Å². The first kappa shape index (κ1) is 11.2. The minimum absolute atomic E-state index is 0.313. The lowest BCUT2D eigenvalue weighted by Gasteiger charge is -2.03. The first-order valence-electron chi connectivity index (χ1n) is 5.30. The third-order valence-corrected chi connectivity index (χ3v) is 2.95. The second-order valence-corrected chi connectivity index (χ2v) is 4.47. The van der Waals surface area contributed by atoms with Crippen molar-refractivity contribution in [1.82, 2.24) is 19.6 Å². The van der Waals surface area contributed by atoms with Gasteiger partial charge in [-0.2, -0.15) is 5.10 Å². The standard InChI is InChI=1S/C12H9FN4S/c1-7-2-8(12(13)10(18)3-7)9-5-17-11(16-9)4-14-6-15-17/h2-6,18H,1H3. The molecule has 0 aliphatic heterocycles. The summed E-state index contributed by atoms with van der Waals surface area (Å²) < 4.78 is 15.6. The molecule has 0 saturated carbocycles. The number of thiol groups is 1. The van der Waals surface area contributed by atoms with Gasteiger partial charge < -0.3 is 0 Å².